The molecule has 0 radical (unpaired) electrons. The van der Waals surface area contributed by atoms with Gasteiger partial charge in [0.15, 0.2) is 6.54 Å². The molecule has 0 atom stereocenters. The van der Waals surface area contributed by atoms with Gasteiger partial charge in [0.1, 0.15) is 0 Å². The normalized spacial score (nSPS) is 16.2. The smallest absolute Gasteiger partial charge is 0.279 e. The minimum Gasteiger partial charge on any atom is -0.327 e. The molecular formula is C18H30N3O3S+. The van der Waals surface area contributed by atoms with Crippen molar-refractivity contribution in [2.24, 2.45) is 0 Å². The zero-order valence-electron chi connectivity index (χ0n) is 15.5. The number of rotatable bonds is 7. The molecule has 1 aromatic carbocycles. The van der Waals surface area contributed by atoms with Gasteiger partial charge in [0.2, 0.25) is 10.0 Å². The maximum atomic E-state index is 12.7. The lowest BCUT2D eigenvalue weighted by Crippen LogP contribution is -3.13. The van der Waals surface area contributed by atoms with Gasteiger partial charge >= 0.3 is 0 Å². The Bertz CT molecular complexity index is 694. The van der Waals surface area contributed by atoms with Crippen LogP contribution in [0.2, 0.25) is 0 Å². The van der Waals surface area contributed by atoms with Gasteiger partial charge in [-0.25, -0.2) is 8.42 Å². The molecule has 2 N–H and O–H groups in total. The average Bonchev–Trinajstić information content (AvgIpc) is 2.58. The van der Waals surface area contributed by atoms with Gasteiger partial charge < -0.3 is 10.2 Å². The number of piperidine rings is 1. The molecule has 2 rings (SSSR count). The van der Waals surface area contributed by atoms with E-state index >= 15 is 0 Å². The number of hydrogen-bond donors (Lipinski definition) is 2. The SMILES string of the molecule is CCN(CC)S(=O)(=O)c1ccc(C)c(NC(=O)C[NH+]2CCCCC2)c1. The molecule has 0 saturated carbocycles. The van der Waals surface area contributed by atoms with E-state index in [1.807, 2.05) is 20.8 Å². The van der Waals surface area contributed by atoms with Crippen molar-refractivity contribution in [3.63, 3.8) is 0 Å². The fourth-order valence-electron chi connectivity index (χ4n) is 3.26. The Kier molecular flexibility index (Phi) is 6.98. The van der Waals surface area contributed by atoms with E-state index in [2.05, 4.69) is 5.32 Å². The Morgan fingerprint density at radius 2 is 1.80 bits per heavy atom. The number of hydrogen-bond acceptors (Lipinski definition) is 3. The maximum Gasteiger partial charge on any atom is 0.279 e. The van der Waals surface area contributed by atoms with Gasteiger partial charge in [-0.1, -0.05) is 19.9 Å². The van der Waals surface area contributed by atoms with Crippen molar-refractivity contribution in [2.75, 3.05) is 38.0 Å². The summed E-state index contributed by atoms with van der Waals surface area (Å²) < 4.78 is 26.8. The molecule has 1 heterocycles. The molecule has 1 aromatic rings. The summed E-state index contributed by atoms with van der Waals surface area (Å²) in [5.74, 6) is -0.0580. The van der Waals surface area contributed by atoms with E-state index in [-0.39, 0.29) is 10.8 Å². The zero-order chi connectivity index (χ0) is 18.4. The summed E-state index contributed by atoms with van der Waals surface area (Å²) in [6.45, 7) is 8.85. The predicted octanol–water partition coefficient (Wildman–Crippen LogP) is 1.03. The molecule has 0 aliphatic carbocycles. The summed E-state index contributed by atoms with van der Waals surface area (Å²) in [4.78, 5) is 13.9. The molecular weight excluding hydrogens is 338 g/mol. The Hall–Kier alpha value is -1.44. The Labute approximate surface area is 151 Å². The molecule has 7 heteroatoms. The minimum absolute atomic E-state index is 0.0580. The van der Waals surface area contributed by atoms with Crippen LogP contribution in [0.3, 0.4) is 0 Å². The van der Waals surface area contributed by atoms with Crippen LogP contribution >= 0.6 is 0 Å². The number of quaternary nitrogens is 1. The van der Waals surface area contributed by atoms with Crippen LogP contribution in [-0.2, 0) is 14.8 Å². The quantitative estimate of drug-likeness (QED) is 0.755. The summed E-state index contributed by atoms with van der Waals surface area (Å²) in [5, 5.41) is 2.90. The maximum absolute atomic E-state index is 12.7. The van der Waals surface area contributed by atoms with E-state index in [0.717, 1.165) is 18.7 Å². The topological polar surface area (TPSA) is 70.9 Å². The molecule has 0 aromatic heterocycles. The monoisotopic (exact) mass is 368 g/mol. The number of benzene rings is 1. The molecule has 6 nitrogen and oxygen atoms in total. The molecule has 0 spiro atoms. The van der Waals surface area contributed by atoms with Gasteiger partial charge in [-0.2, -0.15) is 4.31 Å². The Balaban J connectivity index is 2.14. The highest BCUT2D eigenvalue weighted by Gasteiger charge is 2.23. The van der Waals surface area contributed by atoms with Crippen LogP contribution in [0.5, 0.6) is 0 Å². The summed E-state index contributed by atoms with van der Waals surface area (Å²) in [5.41, 5.74) is 1.44. The number of anilines is 1. The number of sulfonamides is 1. The fraction of sp³-hybridized carbons (Fsp3) is 0.611. The van der Waals surface area contributed by atoms with Crippen LogP contribution in [-0.4, -0.2) is 51.4 Å². The lowest BCUT2D eigenvalue weighted by molar-refractivity contribution is -0.896. The van der Waals surface area contributed by atoms with E-state index in [4.69, 9.17) is 0 Å². The second-order valence-corrected chi connectivity index (χ2v) is 8.54. The number of likely N-dealkylation sites (tertiary alicyclic amines) is 1. The zero-order valence-corrected chi connectivity index (χ0v) is 16.3. The third-order valence-corrected chi connectivity index (χ3v) is 6.84. The van der Waals surface area contributed by atoms with Gasteiger partial charge in [0, 0.05) is 18.8 Å². The van der Waals surface area contributed by atoms with E-state index in [1.54, 1.807) is 18.2 Å². The number of carbonyl (C=O) groups is 1. The lowest BCUT2D eigenvalue weighted by atomic mass is 10.1. The van der Waals surface area contributed by atoms with Crippen molar-refractivity contribution in [1.29, 1.82) is 0 Å². The molecule has 1 fully saturated rings. The van der Waals surface area contributed by atoms with Gasteiger partial charge in [-0.05, 0) is 43.9 Å². The fourth-order valence-corrected chi connectivity index (χ4v) is 4.74. The lowest BCUT2D eigenvalue weighted by Gasteiger charge is -2.23. The number of aryl methyl sites for hydroxylation is 1. The van der Waals surface area contributed by atoms with Gasteiger partial charge in [-0.15, -0.1) is 0 Å². The van der Waals surface area contributed by atoms with Gasteiger partial charge in [-0.3, -0.25) is 4.79 Å². The van der Waals surface area contributed by atoms with Crippen LogP contribution in [0.15, 0.2) is 23.1 Å². The molecule has 1 saturated heterocycles. The molecule has 25 heavy (non-hydrogen) atoms. The van der Waals surface area contributed by atoms with Gasteiger partial charge in [0.25, 0.3) is 5.91 Å². The van der Waals surface area contributed by atoms with Crippen molar-refractivity contribution < 1.29 is 18.1 Å². The van der Waals surface area contributed by atoms with Crippen molar-refractivity contribution in [1.82, 2.24) is 4.31 Å². The molecule has 1 aliphatic heterocycles. The van der Waals surface area contributed by atoms with Crippen molar-refractivity contribution >= 4 is 21.6 Å². The molecule has 1 aliphatic rings. The second-order valence-electron chi connectivity index (χ2n) is 6.60. The molecule has 140 valence electrons. The Morgan fingerprint density at radius 3 is 2.40 bits per heavy atom. The highest BCUT2D eigenvalue weighted by atomic mass is 32.2. The van der Waals surface area contributed by atoms with E-state index < -0.39 is 10.0 Å². The minimum atomic E-state index is -3.53. The third-order valence-electron chi connectivity index (χ3n) is 4.80. The highest BCUT2D eigenvalue weighted by molar-refractivity contribution is 7.89. The molecule has 0 unspecified atom stereocenters. The van der Waals surface area contributed by atoms with Gasteiger partial charge in [0.05, 0.1) is 18.0 Å². The van der Waals surface area contributed by atoms with E-state index in [0.29, 0.717) is 25.3 Å². The summed E-state index contributed by atoms with van der Waals surface area (Å²) >= 11 is 0. The van der Waals surface area contributed by atoms with Crippen LogP contribution in [0, 0.1) is 6.92 Å². The first-order valence-electron chi connectivity index (χ1n) is 9.12. The van der Waals surface area contributed by atoms with E-state index in [1.165, 1.54) is 28.5 Å². The third kappa shape index (κ3) is 5.03. The first-order valence-corrected chi connectivity index (χ1v) is 10.6. The first kappa shape index (κ1) is 19.9. The largest absolute Gasteiger partial charge is 0.327 e. The van der Waals surface area contributed by atoms with Crippen molar-refractivity contribution in [3.05, 3.63) is 23.8 Å². The molecule has 1 amide bonds. The predicted molar refractivity (Wildman–Crippen MR) is 99.3 cm³/mol. The average molecular weight is 369 g/mol. The number of nitrogens with one attached hydrogen (secondary N) is 2. The summed E-state index contributed by atoms with van der Waals surface area (Å²) in [7, 11) is -3.53. The molecule has 0 bridgehead atoms. The highest BCUT2D eigenvalue weighted by Crippen LogP contribution is 2.22. The number of amides is 1. The van der Waals surface area contributed by atoms with Crippen molar-refractivity contribution in [3.8, 4) is 0 Å². The van der Waals surface area contributed by atoms with Crippen LogP contribution in [0.25, 0.3) is 0 Å². The van der Waals surface area contributed by atoms with Crippen molar-refractivity contribution in [2.45, 2.75) is 44.9 Å². The second kappa shape index (κ2) is 8.78. The van der Waals surface area contributed by atoms with Crippen LogP contribution < -0.4 is 10.2 Å². The number of nitrogens with zero attached hydrogens (tertiary/aromatic N) is 1. The van der Waals surface area contributed by atoms with Crippen LogP contribution in [0.1, 0.15) is 38.7 Å². The Morgan fingerprint density at radius 1 is 1.16 bits per heavy atom. The first-order chi connectivity index (χ1) is 11.9. The van der Waals surface area contributed by atoms with E-state index in [9.17, 15) is 13.2 Å². The van der Waals surface area contributed by atoms with Crippen LogP contribution in [0.4, 0.5) is 5.69 Å². The summed E-state index contributed by atoms with van der Waals surface area (Å²) in [6.07, 6.45) is 3.58. The standard InChI is InChI=1S/C18H29N3O3S/c1-4-21(5-2)25(23,24)16-10-9-15(3)17(13-16)19-18(22)14-20-11-7-6-8-12-20/h9-10,13H,4-8,11-12,14H2,1-3H3,(H,19,22)/p+1. The summed E-state index contributed by atoms with van der Waals surface area (Å²) in [6, 6.07) is 4.93. The number of carbonyl (C=O) groups excluding carboxylic acids is 1.